The Morgan fingerprint density at radius 2 is 2.04 bits per heavy atom. The van der Waals surface area contributed by atoms with Gasteiger partial charge in [-0.05, 0) is 41.8 Å². The molecular weight excluding hydrogens is 362 g/mol. The molecule has 0 atom stereocenters. The van der Waals surface area contributed by atoms with Gasteiger partial charge in [0.2, 0.25) is 0 Å². The predicted molar refractivity (Wildman–Crippen MR) is 103 cm³/mol. The molecule has 3 nitrogen and oxygen atoms in total. The summed E-state index contributed by atoms with van der Waals surface area (Å²) in [6.07, 6.45) is 2.32. The summed E-state index contributed by atoms with van der Waals surface area (Å²) < 4.78 is 0.512. The van der Waals surface area contributed by atoms with Crippen molar-refractivity contribution in [2.75, 3.05) is 7.05 Å². The zero-order valence-corrected chi connectivity index (χ0v) is 15.2. The Kier molecular flexibility index (Phi) is 4.94. The number of phenols is 1. The van der Waals surface area contributed by atoms with Crippen LogP contribution in [0.1, 0.15) is 16.7 Å². The van der Waals surface area contributed by atoms with Gasteiger partial charge < -0.3 is 5.11 Å². The van der Waals surface area contributed by atoms with Gasteiger partial charge in [0, 0.05) is 17.6 Å². The van der Waals surface area contributed by atoms with Crippen molar-refractivity contribution in [3.63, 3.8) is 0 Å². The standard InChI is InChI=1S/C18H14ClNO2S2/c1-20-17(22)16(24-18(20)23)10-13-9-11(6-7-15(13)21)8-12-4-2-3-5-14(12)19/h2-7,9-10,21H,8H2,1H3/b16-10+. The Bertz CT molecular complexity index is 864. The van der Waals surface area contributed by atoms with Crippen LogP contribution in [-0.4, -0.2) is 27.3 Å². The lowest BCUT2D eigenvalue weighted by Crippen LogP contribution is -2.22. The van der Waals surface area contributed by atoms with Crippen LogP contribution >= 0.6 is 35.6 Å². The Labute approximate surface area is 154 Å². The van der Waals surface area contributed by atoms with Gasteiger partial charge in [-0.2, -0.15) is 0 Å². The van der Waals surface area contributed by atoms with Gasteiger partial charge in [-0.15, -0.1) is 0 Å². The van der Waals surface area contributed by atoms with Crippen LogP contribution in [0.2, 0.25) is 5.02 Å². The molecule has 122 valence electrons. The maximum atomic E-state index is 12.1. The van der Waals surface area contributed by atoms with Gasteiger partial charge in [0.05, 0.1) is 4.91 Å². The number of thiocarbonyl (C=S) groups is 1. The van der Waals surface area contributed by atoms with Crippen molar-refractivity contribution in [1.82, 2.24) is 4.90 Å². The molecule has 2 aromatic rings. The summed E-state index contributed by atoms with van der Waals surface area (Å²) >= 11 is 12.6. The second-order valence-electron chi connectivity index (χ2n) is 5.40. The summed E-state index contributed by atoms with van der Waals surface area (Å²) in [7, 11) is 1.65. The zero-order valence-electron chi connectivity index (χ0n) is 12.8. The summed E-state index contributed by atoms with van der Waals surface area (Å²) in [6.45, 7) is 0. The van der Waals surface area contributed by atoms with Crippen LogP contribution in [-0.2, 0) is 11.2 Å². The smallest absolute Gasteiger partial charge is 0.265 e. The van der Waals surface area contributed by atoms with Gasteiger partial charge in [0.25, 0.3) is 5.91 Å². The molecule has 1 aliphatic heterocycles. The number of benzene rings is 2. The number of thioether (sulfide) groups is 1. The highest BCUT2D eigenvalue weighted by molar-refractivity contribution is 8.26. The third-order valence-corrected chi connectivity index (χ3v) is 5.57. The normalized spacial score (nSPS) is 16.2. The molecule has 2 aromatic carbocycles. The third kappa shape index (κ3) is 3.48. The molecule has 0 spiro atoms. The fraction of sp³-hybridized carbons (Fsp3) is 0.111. The number of hydrogen-bond acceptors (Lipinski definition) is 4. The first-order valence-electron chi connectivity index (χ1n) is 7.22. The van der Waals surface area contributed by atoms with Crippen LogP contribution in [0.5, 0.6) is 5.75 Å². The number of carbonyl (C=O) groups is 1. The molecular formula is C18H14ClNO2S2. The summed E-state index contributed by atoms with van der Waals surface area (Å²) in [4.78, 5) is 14.0. The Morgan fingerprint density at radius 3 is 2.71 bits per heavy atom. The quantitative estimate of drug-likeness (QED) is 0.634. The minimum Gasteiger partial charge on any atom is -0.507 e. The van der Waals surface area contributed by atoms with Crippen LogP contribution < -0.4 is 0 Å². The fourth-order valence-electron chi connectivity index (χ4n) is 2.38. The first-order valence-corrected chi connectivity index (χ1v) is 8.83. The minimum absolute atomic E-state index is 0.124. The topological polar surface area (TPSA) is 40.5 Å². The Morgan fingerprint density at radius 1 is 1.29 bits per heavy atom. The van der Waals surface area contributed by atoms with Crippen LogP contribution in [0.3, 0.4) is 0 Å². The van der Waals surface area contributed by atoms with Gasteiger partial charge in [-0.1, -0.05) is 59.8 Å². The molecule has 3 rings (SSSR count). The lowest BCUT2D eigenvalue weighted by molar-refractivity contribution is -0.121. The zero-order chi connectivity index (χ0) is 17.3. The maximum absolute atomic E-state index is 12.1. The van der Waals surface area contributed by atoms with E-state index in [1.54, 1.807) is 19.2 Å². The SMILES string of the molecule is CN1C(=O)/C(=C\c2cc(Cc3ccccc3Cl)ccc2O)SC1=S. The van der Waals surface area contributed by atoms with Crippen molar-refractivity contribution < 1.29 is 9.90 Å². The maximum Gasteiger partial charge on any atom is 0.265 e. The van der Waals surface area contributed by atoms with Crippen LogP contribution in [0, 0.1) is 0 Å². The molecule has 1 saturated heterocycles. The molecule has 1 heterocycles. The summed E-state index contributed by atoms with van der Waals surface area (Å²) in [5, 5.41) is 10.8. The first-order chi connectivity index (χ1) is 11.5. The second kappa shape index (κ2) is 6.97. The number of carbonyl (C=O) groups excluding carboxylic acids is 1. The number of rotatable bonds is 3. The molecule has 24 heavy (non-hydrogen) atoms. The van der Waals surface area contributed by atoms with Gasteiger partial charge in [0.1, 0.15) is 10.1 Å². The van der Waals surface area contributed by atoms with Crippen LogP contribution in [0.25, 0.3) is 6.08 Å². The highest BCUT2D eigenvalue weighted by atomic mass is 35.5. The average molecular weight is 376 g/mol. The van der Waals surface area contributed by atoms with Crippen molar-refractivity contribution in [1.29, 1.82) is 0 Å². The first kappa shape index (κ1) is 17.0. The number of hydrogen-bond donors (Lipinski definition) is 1. The average Bonchev–Trinajstić information content (AvgIpc) is 2.80. The molecule has 0 aromatic heterocycles. The molecule has 1 N–H and O–H groups in total. The van der Waals surface area contributed by atoms with E-state index < -0.39 is 0 Å². The van der Waals surface area contributed by atoms with Crippen molar-refractivity contribution in [2.45, 2.75) is 6.42 Å². The van der Waals surface area contributed by atoms with Gasteiger partial charge >= 0.3 is 0 Å². The highest BCUT2D eigenvalue weighted by Crippen LogP contribution is 2.33. The van der Waals surface area contributed by atoms with Crippen molar-refractivity contribution >= 4 is 51.9 Å². The fourth-order valence-corrected chi connectivity index (χ4v) is 3.75. The molecule has 0 saturated carbocycles. The minimum atomic E-state index is -0.152. The summed E-state index contributed by atoms with van der Waals surface area (Å²) in [6, 6.07) is 13.0. The summed E-state index contributed by atoms with van der Waals surface area (Å²) in [5.74, 6) is -0.0276. The number of halogens is 1. The number of likely N-dealkylation sites (N-methyl/N-ethyl adjacent to an activating group) is 1. The monoisotopic (exact) mass is 375 g/mol. The Hall–Kier alpha value is -1.82. The van der Waals surface area contributed by atoms with Gasteiger partial charge in [-0.3, -0.25) is 9.69 Å². The summed E-state index contributed by atoms with van der Waals surface area (Å²) in [5.41, 5.74) is 2.60. The third-order valence-electron chi connectivity index (χ3n) is 3.72. The molecule has 1 amide bonds. The molecule has 0 bridgehead atoms. The Balaban J connectivity index is 1.92. The number of aromatic hydroxyl groups is 1. The largest absolute Gasteiger partial charge is 0.507 e. The molecule has 1 aliphatic rings. The van der Waals surface area contributed by atoms with E-state index in [0.717, 1.165) is 11.1 Å². The number of nitrogens with zero attached hydrogens (tertiary/aromatic N) is 1. The molecule has 1 fully saturated rings. The van der Waals surface area contributed by atoms with E-state index in [4.69, 9.17) is 23.8 Å². The van der Waals surface area contributed by atoms with E-state index in [2.05, 4.69) is 0 Å². The number of phenolic OH excluding ortho intramolecular Hbond substituents is 1. The van der Waals surface area contributed by atoms with E-state index in [1.807, 2.05) is 36.4 Å². The van der Waals surface area contributed by atoms with Crippen LogP contribution in [0.15, 0.2) is 47.4 Å². The van der Waals surface area contributed by atoms with E-state index in [-0.39, 0.29) is 11.7 Å². The molecule has 0 radical (unpaired) electrons. The van der Waals surface area contributed by atoms with E-state index in [0.29, 0.717) is 26.2 Å². The van der Waals surface area contributed by atoms with Crippen molar-refractivity contribution in [2.24, 2.45) is 0 Å². The van der Waals surface area contributed by atoms with Crippen molar-refractivity contribution in [3.05, 3.63) is 69.1 Å². The van der Waals surface area contributed by atoms with Crippen molar-refractivity contribution in [3.8, 4) is 5.75 Å². The molecule has 0 unspecified atom stereocenters. The lowest BCUT2D eigenvalue weighted by Gasteiger charge is -2.07. The predicted octanol–water partition coefficient (Wildman–Crippen LogP) is 4.47. The highest BCUT2D eigenvalue weighted by Gasteiger charge is 2.28. The molecule has 6 heteroatoms. The van der Waals surface area contributed by atoms with Crippen LogP contribution in [0.4, 0.5) is 0 Å². The van der Waals surface area contributed by atoms with Gasteiger partial charge in [0.15, 0.2) is 0 Å². The second-order valence-corrected chi connectivity index (χ2v) is 7.49. The number of amides is 1. The van der Waals surface area contributed by atoms with Gasteiger partial charge in [-0.25, -0.2) is 0 Å². The van der Waals surface area contributed by atoms with E-state index in [1.165, 1.54) is 16.7 Å². The molecule has 0 aliphatic carbocycles. The van der Waals surface area contributed by atoms with E-state index in [9.17, 15) is 9.90 Å². The lowest BCUT2D eigenvalue weighted by atomic mass is 10.0. The van der Waals surface area contributed by atoms with E-state index >= 15 is 0 Å².